The predicted molar refractivity (Wildman–Crippen MR) is 376 cm³/mol. The Morgan fingerprint density at radius 3 is 0.943 bits per heavy atom. The Kier molecular flexibility index (Phi) is 70.9. The van der Waals surface area contributed by atoms with Gasteiger partial charge in [0.2, 0.25) is 0 Å². The fourth-order valence-electron chi connectivity index (χ4n) is 11.4. The molecule has 510 valence electrons. The lowest BCUT2D eigenvalue weighted by Crippen LogP contribution is -2.29. The number of carbonyl (C=O) groups excluding carboxylic acids is 2. The molecule has 0 bridgehead atoms. The van der Waals surface area contributed by atoms with Crippen molar-refractivity contribution in [2.45, 2.75) is 392 Å². The van der Waals surface area contributed by atoms with Crippen molar-refractivity contribution in [2.24, 2.45) is 5.73 Å². The second kappa shape index (κ2) is 72.8. The zero-order chi connectivity index (χ0) is 63.0. The number of esters is 2. The van der Waals surface area contributed by atoms with Crippen LogP contribution in [-0.4, -0.2) is 49.3 Å². The molecule has 0 aromatic carbocycles. The molecule has 3 N–H and O–H groups in total. The molecule has 0 spiro atoms. The van der Waals surface area contributed by atoms with Crippen LogP contribution in [0.5, 0.6) is 0 Å². The summed E-state index contributed by atoms with van der Waals surface area (Å²) < 4.78 is 33.2. The largest absolute Gasteiger partial charge is 0.472 e. The van der Waals surface area contributed by atoms with Crippen LogP contribution in [0, 0.1) is 0 Å². The Hall–Kier alpha value is -2.29. The smallest absolute Gasteiger partial charge is 0.462 e. The van der Waals surface area contributed by atoms with E-state index in [-0.39, 0.29) is 38.6 Å². The van der Waals surface area contributed by atoms with Crippen LogP contribution in [0.15, 0.2) is 60.8 Å². The summed E-state index contributed by atoms with van der Waals surface area (Å²) >= 11 is 0. The second-order valence-electron chi connectivity index (χ2n) is 25.5. The van der Waals surface area contributed by atoms with Crippen molar-refractivity contribution in [3.05, 3.63) is 60.8 Å². The van der Waals surface area contributed by atoms with Gasteiger partial charge in [-0.05, 0) is 57.8 Å². The summed E-state index contributed by atoms with van der Waals surface area (Å²) in [6.07, 6.45) is 95.0. The van der Waals surface area contributed by atoms with Crippen LogP contribution >= 0.6 is 7.82 Å². The van der Waals surface area contributed by atoms with Gasteiger partial charge in [0, 0.05) is 19.4 Å². The van der Waals surface area contributed by atoms with E-state index < -0.39 is 26.5 Å². The highest BCUT2D eigenvalue weighted by atomic mass is 31.2. The van der Waals surface area contributed by atoms with Crippen LogP contribution in [0.25, 0.3) is 0 Å². The fourth-order valence-corrected chi connectivity index (χ4v) is 12.1. The number of nitrogens with two attached hydrogens (primary N) is 1. The second-order valence-corrected chi connectivity index (χ2v) is 27.0. The molecule has 2 atom stereocenters. The predicted octanol–water partition coefficient (Wildman–Crippen LogP) is 25.0. The minimum atomic E-state index is -4.40. The number of carbonyl (C=O) groups is 2. The van der Waals surface area contributed by atoms with Gasteiger partial charge in [-0.1, -0.05) is 376 Å². The Bertz CT molecular complexity index is 1610. The first-order chi connectivity index (χ1) is 42.8. The third-order valence-electron chi connectivity index (χ3n) is 16.9. The average Bonchev–Trinajstić information content (AvgIpc) is 3.64. The summed E-state index contributed by atoms with van der Waals surface area (Å²) in [6, 6.07) is 0. The summed E-state index contributed by atoms with van der Waals surface area (Å²) in [5, 5.41) is 0. The van der Waals surface area contributed by atoms with E-state index in [1.807, 2.05) is 0 Å². The van der Waals surface area contributed by atoms with Crippen molar-refractivity contribution in [3.63, 3.8) is 0 Å². The van der Waals surface area contributed by atoms with Gasteiger partial charge in [-0.2, -0.15) is 0 Å². The van der Waals surface area contributed by atoms with Crippen molar-refractivity contribution in [1.82, 2.24) is 0 Å². The van der Waals surface area contributed by atoms with E-state index in [0.29, 0.717) is 6.42 Å². The molecule has 0 radical (unpaired) electrons. The van der Waals surface area contributed by atoms with Crippen LogP contribution in [-0.2, 0) is 32.7 Å². The summed E-state index contributed by atoms with van der Waals surface area (Å²) in [5.74, 6) is -0.820. The van der Waals surface area contributed by atoms with Crippen molar-refractivity contribution in [1.29, 1.82) is 0 Å². The molecule has 0 aliphatic carbocycles. The van der Waals surface area contributed by atoms with Gasteiger partial charge >= 0.3 is 19.8 Å². The number of rotatable bonds is 72. The fraction of sp³-hybridized carbons (Fsp3) is 0.844. The van der Waals surface area contributed by atoms with Gasteiger partial charge in [-0.15, -0.1) is 0 Å². The van der Waals surface area contributed by atoms with Crippen molar-refractivity contribution in [3.8, 4) is 0 Å². The standard InChI is InChI=1S/C77H144NO8P/c1-3-5-7-9-11-13-15-17-19-21-23-25-27-29-30-31-32-33-34-35-36-37-38-39-40-41-42-43-44-46-47-49-51-53-55-57-59-61-63-65-67-69-76(79)83-73-75(74-85-87(81,82)84-72-71-78)86-77(80)70-68-66-64-62-60-58-56-54-52-50-48-45-28-26-24-22-20-18-16-14-12-10-8-6-4-2/h6,8,12,14,18,20,24,26,45,48,75H,3-5,7,9-11,13,15-17,19,21-23,25,27-44,46-47,49-74,78H2,1-2H3,(H,81,82)/b8-6-,14-12-,20-18-,26-24-,48-45-. The van der Waals surface area contributed by atoms with E-state index in [1.54, 1.807) is 0 Å². The van der Waals surface area contributed by atoms with Gasteiger partial charge < -0.3 is 20.1 Å². The molecule has 0 rings (SSSR count). The highest BCUT2D eigenvalue weighted by Gasteiger charge is 2.26. The van der Waals surface area contributed by atoms with Gasteiger partial charge in [0.1, 0.15) is 6.61 Å². The molecule has 0 aromatic heterocycles. The summed E-state index contributed by atoms with van der Waals surface area (Å²) in [5.41, 5.74) is 5.40. The van der Waals surface area contributed by atoms with Crippen LogP contribution in [0.1, 0.15) is 386 Å². The molecule has 9 nitrogen and oxygen atoms in total. The Labute approximate surface area is 539 Å². The van der Waals surface area contributed by atoms with E-state index in [1.165, 1.54) is 276 Å². The number of hydrogen-bond donors (Lipinski definition) is 2. The van der Waals surface area contributed by atoms with Gasteiger partial charge in [0.05, 0.1) is 13.2 Å². The summed E-state index contributed by atoms with van der Waals surface area (Å²) in [4.78, 5) is 35.4. The highest BCUT2D eigenvalue weighted by molar-refractivity contribution is 7.47. The molecule has 0 fully saturated rings. The van der Waals surface area contributed by atoms with Crippen molar-refractivity contribution >= 4 is 19.8 Å². The quantitative estimate of drug-likeness (QED) is 0.0264. The first-order valence-corrected chi connectivity index (χ1v) is 39.3. The first-order valence-electron chi connectivity index (χ1n) is 37.8. The maximum absolute atomic E-state index is 12.8. The molecule has 10 heteroatoms. The summed E-state index contributed by atoms with van der Waals surface area (Å²) in [6.45, 7) is 3.68. The third kappa shape index (κ3) is 72.6. The van der Waals surface area contributed by atoms with Crippen LogP contribution in [0.3, 0.4) is 0 Å². The maximum atomic E-state index is 12.8. The van der Waals surface area contributed by atoms with E-state index >= 15 is 0 Å². The molecule has 2 unspecified atom stereocenters. The van der Waals surface area contributed by atoms with Crippen LogP contribution < -0.4 is 5.73 Å². The van der Waals surface area contributed by atoms with E-state index in [0.717, 1.165) is 77.0 Å². The molecule has 0 saturated heterocycles. The molecular formula is C77H144NO8P. The van der Waals surface area contributed by atoms with E-state index in [4.69, 9.17) is 24.3 Å². The normalized spacial score (nSPS) is 13.2. The topological polar surface area (TPSA) is 134 Å². The van der Waals surface area contributed by atoms with Crippen molar-refractivity contribution in [2.75, 3.05) is 26.4 Å². The molecule has 87 heavy (non-hydrogen) atoms. The lowest BCUT2D eigenvalue weighted by Gasteiger charge is -2.19. The number of phosphoric acid groups is 1. The third-order valence-corrected chi connectivity index (χ3v) is 17.9. The van der Waals surface area contributed by atoms with E-state index in [2.05, 4.69) is 74.6 Å². The lowest BCUT2D eigenvalue weighted by molar-refractivity contribution is -0.161. The SMILES string of the molecule is CC/C=C\C/C=C\C/C=C\C/C=C\C/C=C\CCCCCCCCCCCC(=O)OC(COC(=O)CCCCCCCCCCCCCCCCCCCCCCCCCCCCCCCCCCCCCCCCCCC)COP(=O)(O)OCCN. The maximum Gasteiger partial charge on any atom is 0.472 e. The zero-order valence-electron chi connectivity index (χ0n) is 57.5. The minimum absolute atomic E-state index is 0.0518. The Morgan fingerprint density at radius 2 is 0.632 bits per heavy atom. The van der Waals surface area contributed by atoms with Gasteiger partial charge in [0.25, 0.3) is 0 Å². The summed E-state index contributed by atoms with van der Waals surface area (Å²) in [7, 11) is -4.40. The molecule has 0 amide bonds. The van der Waals surface area contributed by atoms with Gasteiger partial charge in [-0.3, -0.25) is 18.6 Å². The van der Waals surface area contributed by atoms with E-state index in [9.17, 15) is 19.0 Å². The number of unbranched alkanes of at least 4 members (excludes halogenated alkanes) is 49. The molecule has 0 aliphatic heterocycles. The average molecular weight is 1240 g/mol. The minimum Gasteiger partial charge on any atom is -0.462 e. The lowest BCUT2D eigenvalue weighted by atomic mass is 10.0. The van der Waals surface area contributed by atoms with Gasteiger partial charge in [-0.25, -0.2) is 4.57 Å². The first kappa shape index (κ1) is 84.7. The molecular weight excluding hydrogens is 1100 g/mol. The monoisotopic (exact) mass is 1240 g/mol. The van der Waals surface area contributed by atoms with Crippen LogP contribution in [0.2, 0.25) is 0 Å². The van der Waals surface area contributed by atoms with Crippen molar-refractivity contribution < 1.29 is 37.6 Å². The number of allylic oxidation sites excluding steroid dienone is 10. The van der Waals surface area contributed by atoms with Crippen LogP contribution in [0.4, 0.5) is 0 Å². The number of phosphoric ester groups is 1. The van der Waals surface area contributed by atoms with Gasteiger partial charge in [0.15, 0.2) is 6.10 Å². The Morgan fingerprint density at radius 1 is 0.356 bits per heavy atom. The Balaban J connectivity index is 3.75. The zero-order valence-corrected chi connectivity index (χ0v) is 58.4. The highest BCUT2D eigenvalue weighted by Crippen LogP contribution is 2.43. The number of ether oxygens (including phenoxy) is 2. The molecule has 0 saturated carbocycles. The molecule has 0 aliphatic rings. The molecule has 0 aromatic rings. The molecule has 0 heterocycles. The number of hydrogen-bond acceptors (Lipinski definition) is 8.